The van der Waals surface area contributed by atoms with Crippen LogP contribution in [0.25, 0.3) is 10.8 Å². The molecule has 0 saturated carbocycles. The summed E-state index contributed by atoms with van der Waals surface area (Å²) < 4.78 is 39.2. The van der Waals surface area contributed by atoms with Crippen LogP contribution in [0.2, 0.25) is 0 Å². The molecule has 0 bridgehead atoms. The number of piperidine rings is 1. The minimum absolute atomic E-state index is 0.140. The maximum absolute atomic E-state index is 13.5. The van der Waals surface area contributed by atoms with Gasteiger partial charge in [-0.1, -0.05) is 48.5 Å². The summed E-state index contributed by atoms with van der Waals surface area (Å²) in [5.41, 5.74) is 3.48. The molecule has 1 aliphatic heterocycles. The number of carbonyl (C=O) groups is 1. The fourth-order valence-electron chi connectivity index (χ4n) is 5.67. The molecule has 3 aromatic carbocycles. The molecule has 0 unspecified atom stereocenters. The zero-order valence-corrected chi connectivity index (χ0v) is 22.3. The van der Waals surface area contributed by atoms with E-state index in [1.807, 2.05) is 24.3 Å². The van der Waals surface area contributed by atoms with Crippen molar-refractivity contribution < 1.29 is 22.7 Å². The Balaban J connectivity index is 1.18. The highest BCUT2D eigenvalue weighted by molar-refractivity contribution is 7.91. The number of hydrogen-bond acceptors (Lipinski definition) is 5. The van der Waals surface area contributed by atoms with E-state index in [0.29, 0.717) is 12.8 Å². The molecule has 1 fully saturated rings. The van der Waals surface area contributed by atoms with E-state index in [1.165, 1.54) is 11.1 Å². The van der Waals surface area contributed by atoms with Crippen LogP contribution in [0.4, 0.5) is 4.39 Å². The first-order valence-electron chi connectivity index (χ1n) is 13.4. The number of benzene rings is 3. The summed E-state index contributed by atoms with van der Waals surface area (Å²) in [4.78, 5) is 15.2. The molecule has 6 nitrogen and oxygen atoms in total. The van der Waals surface area contributed by atoms with Gasteiger partial charge in [0.2, 0.25) is 5.91 Å². The second-order valence-corrected chi connectivity index (χ2v) is 12.7. The van der Waals surface area contributed by atoms with Gasteiger partial charge >= 0.3 is 0 Å². The van der Waals surface area contributed by atoms with Crippen LogP contribution < -0.4 is 5.32 Å². The summed E-state index contributed by atoms with van der Waals surface area (Å²) in [7, 11) is -3.75. The SMILES string of the molecule is O=C(C[C@H](O)CS(=O)(=O)c1ccc2ccccc2c1)N[C@@H]1CCCc2cc(CN3CCC(F)CC3)ccc21. The van der Waals surface area contributed by atoms with E-state index in [4.69, 9.17) is 0 Å². The average Bonchev–Trinajstić information content (AvgIpc) is 2.89. The van der Waals surface area contributed by atoms with Gasteiger partial charge in [0.05, 0.1) is 29.2 Å². The first-order chi connectivity index (χ1) is 18.3. The number of aliphatic hydroxyl groups is 1. The Kier molecular flexibility index (Phi) is 8.12. The molecule has 38 heavy (non-hydrogen) atoms. The van der Waals surface area contributed by atoms with E-state index in [0.717, 1.165) is 55.2 Å². The first-order valence-corrected chi connectivity index (χ1v) is 15.1. The minimum atomic E-state index is -3.75. The largest absolute Gasteiger partial charge is 0.392 e. The smallest absolute Gasteiger partial charge is 0.223 e. The highest BCUT2D eigenvalue weighted by Gasteiger charge is 2.26. The highest BCUT2D eigenvalue weighted by Crippen LogP contribution is 2.31. The summed E-state index contributed by atoms with van der Waals surface area (Å²) in [5.74, 6) is -0.870. The lowest BCUT2D eigenvalue weighted by molar-refractivity contribution is -0.123. The zero-order chi connectivity index (χ0) is 26.7. The molecule has 0 aromatic heterocycles. The van der Waals surface area contributed by atoms with E-state index in [2.05, 4.69) is 28.4 Å². The Morgan fingerprint density at radius 1 is 1.03 bits per heavy atom. The van der Waals surface area contributed by atoms with Gasteiger partial charge in [0.15, 0.2) is 9.84 Å². The number of nitrogens with one attached hydrogen (secondary N) is 1. The van der Waals surface area contributed by atoms with Crippen LogP contribution in [-0.4, -0.2) is 55.4 Å². The van der Waals surface area contributed by atoms with Gasteiger partial charge in [0.1, 0.15) is 6.17 Å². The molecule has 1 heterocycles. The molecule has 2 N–H and O–H groups in total. The third kappa shape index (κ3) is 6.42. The second kappa shape index (κ2) is 11.5. The van der Waals surface area contributed by atoms with Gasteiger partial charge in [-0.25, -0.2) is 12.8 Å². The molecule has 2 aliphatic rings. The van der Waals surface area contributed by atoms with E-state index < -0.39 is 27.9 Å². The third-order valence-electron chi connectivity index (χ3n) is 7.69. The molecular formula is C30H35FN2O4S. The first kappa shape index (κ1) is 26.8. The quantitative estimate of drug-likeness (QED) is 0.441. The van der Waals surface area contributed by atoms with Gasteiger partial charge in [-0.05, 0) is 71.7 Å². The Hall–Kier alpha value is -2.81. The predicted octanol–water partition coefficient (Wildman–Crippen LogP) is 4.49. The van der Waals surface area contributed by atoms with Crippen molar-refractivity contribution in [2.75, 3.05) is 18.8 Å². The van der Waals surface area contributed by atoms with Gasteiger partial charge in [-0.2, -0.15) is 0 Å². The number of nitrogens with zero attached hydrogens (tertiary/aromatic N) is 1. The van der Waals surface area contributed by atoms with Crippen molar-refractivity contribution in [3.05, 3.63) is 77.4 Å². The standard InChI is InChI=1S/C30H35FN2O4S/c31-25-12-14-33(15-13-25)19-21-8-11-28-24(16-21)6-3-7-29(28)32-30(35)18-26(34)20-38(36,37)27-10-9-22-4-1-2-5-23(22)17-27/h1-2,4-5,8-11,16-17,25-26,29,34H,3,6-7,12-15,18-20H2,(H,32,35)/t26-,29+/m0/s1. The summed E-state index contributed by atoms with van der Waals surface area (Å²) in [6.45, 7) is 2.35. The monoisotopic (exact) mass is 538 g/mol. The second-order valence-electron chi connectivity index (χ2n) is 10.6. The number of sulfone groups is 1. The number of hydrogen-bond donors (Lipinski definition) is 2. The topological polar surface area (TPSA) is 86.7 Å². The Morgan fingerprint density at radius 3 is 2.58 bits per heavy atom. The number of aliphatic hydroxyl groups excluding tert-OH is 1. The molecule has 202 valence electrons. The zero-order valence-electron chi connectivity index (χ0n) is 21.5. The van der Waals surface area contributed by atoms with E-state index >= 15 is 0 Å². The molecular weight excluding hydrogens is 503 g/mol. The Labute approximate surface area is 223 Å². The van der Waals surface area contributed by atoms with Crippen molar-refractivity contribution in [2.45, 2.75) is 68.3 Å². The van der Waals surface area contributed by atoms with Crippen molar-refractivity contribution in [3.8, 4) is 0 Å². The van der Waals surface area contributed by atoms with Crippen molar-refractivity contribution in [3.63, 3.8) is 0 Å². The highest BCUT2D eigenvalue weighted by atomic mass is 32.2. The van der Waals surface area contributed by atoms with Crippen LogP contribution in [0, 0.1) is 0 Å². The van der Waals surface area contributed by atoms with Crippen LogP contribution in [0.1, 0.15) is 54.8 Å². The molecule has 5 rings (SSSR count). The van der Waals surface area contributed by atoms with Crippen molar-refractivity contribution in [1.29, 1.82) is 0 Å². The van der Waals surface area contributed by atoms with Crippen LogP contribution in [0.3, 0.4) is 0 Å². The van der Waals surface area contributed by atoms with Crippen LogP contribution in [-0.2, 0) is 27.6 Å². The number of fused-ring (bicyclic) bond motifs is 2. The van der Waals surface area contributed by atoms with E-state index in [-0.39, 0.29) is 23.3 Å². The number of alkyl halides is 1. The van der Waals surface area contributed by atoms with Gasteiger partial charge in [0.25, 0.3) is 0 Å². The molecule has 1 aliphatic carbocycles. The van der Waals surface area contributed by atoms with Crippen molar-refractivity contribution >= 4 is 26.5 Å². The fourth-order valence-corrected chi connectivity index (χ4v) is 7.07. The lowest BCUT2D eigenvalue weighted by Crippen LogP contribution is -2.35. The molecule has 3 aromatic rings. The summed E-state index contributed by atoms with van der Waals surface area (Å²) in [6, 6.07) is 18.6. The fraction of sp³-hybridized carbons (Fsp3) is 0.433. The van der Waals surface area contributed by atoms with E-state index in [1.54, 1.807) is 18.2 Å². The molecule has 0 radical (unpaired) electrons. The van der Waals surface area contributed by atoms with Crippen molar-refractivity contribution in [1.82, 2.24) is 10.2 Å². The summed E-state index contributed by atoms with van der Waals surface area (Å²) in [6.07, 6.45) is 1.60. The number of halogens is 1. The molecule has 0 spiro atoms. The summed E-state index contributed by atoms with van der Waals surface area (Å²) in [5, 5.41) is 15.3. The normalized spacial score (nSPS) is 19.7. The summed E-state index contributed by atoms with van der Waals surface area (Å²) >= 11 is 0. The van der Waals surface area contributed by atoms with Crippen LogP contribution in [0.15, 0.2) is 65.6 Å². The van der Waals surface area contributed by atoms with Crippen molar-refractivity contribution in [2.24, 2.45) is 0 Å². The number of rotatable bonds is 8. The number of carbonyl (C=O) groups excluding carboxylic acids is 1. The molecule has 8 heteroatoms. The average molecular weight is 539 g/mol. The van der Waals surface area contributed by atoms with E-state index in [9.17, 15) is 22.7 Å². The predicted molar refractivity (Wildman–Crippen MR) is 146 cm³/mol. The third-order valence-corrected chi connectivity index (χ3v) is 9.49. The van der Waals surface area contributed by atoms with Gasteiger partial charge in [-0.3, -0.25) is 9.69 Å². The van der Waals surface area contributed by atoms with Crippen LogP contribution >= 0.6 is 0 Å². The lowest BCUT2D eigenvalue weighted by Gasteiger charge is -2.30. The van der Waals surface area contributed by atoms with Gasteiger partial charge in [-0.15, -0.1) is 0 Å². The Morgan fingerprint density at radius 2 is 1.79 bits per heavy atom. The minimum Gasteiger partial charge on any atom is -0.392 e. The number of likely N-dealkylation sites (tertiary alicyclic amines) is 1. The molecule has 2 atom stereocenters. The maximum atomic E-state index is 13.5. The van der Waals surface area contributed by atoms with Gasteiger partial charge in [0, 0.05) is 19.6 Å². The van der Waals surface area contributed by atoms with Crippen LogP contribution in [0.5, 0.6) is 0 Å². The number of aryl methyl sites for hydroxylation is 1. The molecule has 1 saturated heterocycles. The maximum Gasteiger partial charge on any atom is 0.223 e. The van der Waals surface area contributed by atoms with Gasteiger partial charge < -0.3 is 10.4 Å². The number of amides is 1. The molecule has 1 amide bonds. The lowest BCUT2D eigenvalue weighted by atomic mass is 9.86. The Bertz CT molecular complexity index is 1400.